The topological polar surface area (TPSA) is 3.24 Å². The fraction of sp³-hybridized carbons (Fsp3) is 1.00. The van der Waals surface area contributed by atoms with E-state index in [1.54, 1.807) is 0 Å². The third-order valence-electron chi connectivity index (χ3n) is 3.00. The van der Waals surface area contributed by atoms with Gasteiger partial charge >= 0.3 is 0 Å². The predicted octanol–water partition coefficient (Wildman–Crippen LogP) is 2.65. The predicted molar refractivity (Wildman–Crippen MR) is 55.7 cm³/mol. The normalized spacial score (nSPS) is 32.2. The van der Waals surface area contributed by atoms with Crippen LogP contribution in [0.5, 0.6) is 0 Å². The summed E-state index contributed by atoms with van der Waals surface area (Å²) in [6, 6.07) is 0. The van der Waals surface area contributed by atoms with Crippen LogP contribution in [0.2, 0.25) is 0 Å². The molecule has 0 radical (unpaired) electrons. The Hall–Kier alpha value is 0.440. The molecule has 1 heterocycles. The molecule has 0 bridgehead atoms. The lowest BCUT2D eigenvalue weighted by Gasteiger charge is -2.29. The molecule has 2 aliphatic rings. The maximum atomic E-state index is 3.71. The molecule has 0 aromatic rings. The summed E-state index contributed by atoms with van der Waals surface area (Å²) in [5.74, 6) is 1.10. The van der Waals surface area contributed by atoms with Crippen molar-refractivity contribution in [3.63, 3.8) is 0 Å². The van der Waals surface area contributed by atoms with E-state index in [1.807, 2.05) is 0 Å². The number of likely N-dealkylation sites (tertiary alicyclic amines) is 1. The third-order valence-corrected chi connectivity index (χ3v) is 3.75. The van der Waals surface area contributed by atoms with Gasteiger partial charge in [-0.15, -0.1) is 0 Å². The highest BCUT2D eigenvalue weighted by Crippen LogP contribution is 2.32. The van der Waals surface area contributed by atoms with E-state index in [9.17, 15) is 0 Å². The Morgan fingerprint density at radius 3 is 2.75 bits per heavy atom. The Morgan fingerprint density at radius 2 is 2.08 bits per heavy atom. The summed E-state index contributed by atoms with van der Waals surface area (Å²) in [6.07, 6.45) is 7.23. The van der Waals surface area contributed by atoms with E-state index in [-0.39, 0.29) is 0 Å². The quantitative estimate of drug-likeness (QED) is 0.676. The number of rotatable bonds is 3. The Kier molecular flexibility index (Phi) is 3.08. The maximum absolute atomic E-state index is 3.71. The minimum Gasteiger partial charge on any atom is -0.302 e. The van der Waals surface area contributed by atoms with Crippen molar-refractivity contribution in [1.82, 2.24) is 4.90 Å². The van der Waals surface area contributed by atoms with Crippen LogP contribution in [0.15, 0.2) is 0 Å². The molecule has 0 spiro atoms. The molecule has 70 valence electrons. The van der Waals surface area contributed by atoms with Gasteiger partial charge in [-0.2, -0.15) is 0 Å². The van der Waals surface area contributed by atoms with Gasteiger partial charge in [0.25, 0.3) is 0 Å². The van der Waals surface area contributed by atoms with Crippen molar-refractivity contribution in [1.29, 1.82) is 0 Å². The Labute approximate surface area is 83.6 Å². The van der Waals surface area contributed by atoms with Gasteiger partial charge in [-0.1, -0.05) is 28.8 Å². The summed E-state index contributed by atoms with van der Waals surface area (Å²) in [7, 11) is 0. The van der Waals surface area contributed by atoms with Crippen LogP contribution in [-0.4, -0.2) is 29.4 Å². The molecular formula is C10H18BrN. The minimum atomic E-state index is 0.769. The average molecular weight is 232 g/mol. The molecule has 1 aliphatic carbocycles. The molecule has 12 heavy (non-hydrogen) atoms. The zero-order valence-electron chi connectivity index (χ0n) is 7.64. The molecule has 1 nitrogen and oxygen atoms in total. The van der Waals surface area contributed by atoms with E-state index >= 15 is 0 Å². The summed E-state index contributed by atoms with van der Waals surface area (Å²) in [4.78, 5) is 3.40. The summed E-state index contributed by atoms with van der Waals surface area (Å²) in [5.41, 5.74) is 0. The van der Waals surface area contributed by atoms with Gasteiger partial charge < -0.3 is 4.90 Å². The summed E-state index contributed by atoms with van der Waals surface area (Å²) >= 11 is 3.71. The van der Waals surface area contributed by atoms with Gasteiger partial charge in [-0.05, 0) is 38.3 Å². The molecule has 2 heteroatoms. The molecule has 0 aromatic carbocycles. The zero-order valence-corrected chi connectivity index (χ0v) is 9.22. The average Bonchev–Trinajstić information content (AvgIpc) is 2.84. The monoisotopic (exact) mass is 231 g/mol. The second-order valence-electron chi connectivity index (χ2n) is 4.27. The van der Waals surface area contributed by atoms with Gasteiger partial charge in [0.05, 0.1) is 0 Å². The summed E-state index contributed by atoms with van der Waals surface area (Å²) in [5, 5.41) is 0. The highest BCUT2D eigenvalue weighted by atomic mass is 79.9. The lowest BCUT2D eigenvalue weighted by molar-refractivity contribution is 0.229. The number of halogens is 1. The number of hydrogen-bond acceptors (Lipinski definition) is 1. The molecule has 1 atom stereocenters. The van der Waals surface area contributed by atoms with Crippen LogP contribution in [0, 0.1) is 5.92 Å². The minimum absolute atomic E-state index is 0.769. The molecule has 1 unspecified atom stereocenters. The summed E-state index contributed by atoms with van der Waals surface area (Å²) in [6.45, 7) is 3.98. The van der Waals surface area contributed by atoms with Crippen LogP contribution in [0.4, 0.5) is 0 Å². The van der Waals surface area contributed by atoms with Crippen molar-refractivity contribution in [3.05, 3.63) is 0 Å². The highest BCUT2D eigenvalue weighted by Gasteiger charge is 2.23. The summed E-state index contributed by atoms with van der Waals surface area (Å²) < 4.78 is 0. The number of alkyl halides is 1. The van der Waals surface area contributed by atoms with E-state index in [0.29, 0.717) is 0 Å². The van der Waals surface area contributed by atoms with Gasteiger partial charge in [-0.3, -0.25) is 0 Å². The fourth-order valence-corrected chi connectivity index (χ4v) is 2.71. The van der Waals surface area contributed by atoms with E-state index in [2.05, 4.69) is 20.8 Å². The number of hydrogen-bond donors (Lipinski definition) is 0. The Morgan fingerprint density at radius 1 is 1.25 bits per heavy atom. The lowest BCUT2D eigenvalue weighted by atomic mass is 10.1. The van der Waals surface area contributed by atoms with Crippen molar-refractivity contribution >= 4 is 15.9 Å². The van der Waals surface area contributed by atoms with Crippen LogP contribution >= 0.6 is 15.9 Å². The highest BCUT2D eigenvalue weighted by molar-refractivity contribution is 9.09. The number of piperidine rings is 1. The first kappa shape index (κ1) is 9.01. The largest absolute Gasteiger partial charge is 0.302 e. The van der Waals surface area contributed by atoms with Crippen LogP contribution in [-0.2, 0) is 0 Å². The Balaban J connectivity index is 1.64. The van der Waals surface area contributed by atoms with E-state index in [0.717, 1.165) is 10.7 Å². The van der Waals surface area contributed by atoms with E-state index in [1.165, 1.54) is 51.7 Å². The first-order valence-corrected chi connectivity index (χ1v) is 6.12. The van der Waals surface area contributed by atoms with Crippen LogP contribution in [0.3, 0.4) is 0 Å². The Bertz CT molecular complexity index is 145. The molecule has 0 N–H and O–H groups in total. The van der Waals surface area contributed by atoms with Crippen LogP contribution in [0.25, 0.3) is 0 Å². The van der Waals surface area contributed by atoms with Gasteiger partial charge in [0.1, 0.15) is 0 Å². The second-order valence-corrected chi connectivity index (χ2v) is 5.57. The van der Waals surface area contributed by atoms with Crippen molar-refractivity contribution in [2.45, 2.75) is 36.9 Å². The second kappa shape index (κ2) is 4.10. The van der Waals surface area contributed by atoms with Crippen molar-refractivity contribution in [3.8, 4) is 0 Å². The third kappa shape index (κ3) is 2.74. The first-order valence-electron chi connectivity index (χ1n) is 5.21. The number of nitrogens with zero attached hydrogens (tertiary/aromatic N) is 1. The van der Waals surface area contributed by atoms with Crippen molar-refractivity contribution < 1.29 is 0 Å². The lowest BCUT2D eigenvalue weighted by Crippen LogP contribution is -2.36. The maximum Gasteiger partial charge on any atom is 0.0273 e. The van der Waals surface area contributed by atoms with Crippen LogP contribution < -0.4 is 0 Å². The van der Waals surface area contributed by atoms with E-state index < -0.39 is 0 Å². The molecule has 1 saturated carbocycles. The van der Waals surface area contributed by atoms with E-state index in [4.69, 9.17) is 0 Å². The molecule has 2 fully saturated rings. The molecular weight excluding hydrogens is 214 g/mol. The first-order chi connectivity index (χ1) is 5.84. The van der Waals surface area contributed by atoms with Gasteiger partial charge in [0, 0.05) is 11.4 Å². The van der Waals surface area contributed by atoms with Crippen LogP contribution in [0.1, 0.15) is 32.1 Å². The molecule has 0 amide bonds. The van der Waals surface area contributed by atoms with Gasteiger partial charge in [-0.25, -0.2) is 0 Å². The molecule has 2 rings (SSSR count). The SMILES string of the molecule is BrC1CCCN(CCC2CC2)C1. The van der Waals surface area contributed by atoms with Crippen molar-refractivity contribution in [2.75, 3.05) is 19.6 Å². The molecule has 0 aromatic heterocycles. The standard InChI is InChI=1S/C10H18BrN/c11-10-2-1-6-12(8-10)7-5-9-3-4-9/h9-10H,1-8H2. The zero-order chi connectivity index (χ0) is 8.39. The van der Waals surface area contributed by atoms with Gasteiger partial charge in [0.2, 0.25) is 0 Å². The smallest absolute Gasteiger partial charge is 0.0273 e. The molecule has 1 aliphatic heterocycles. The fourth-order valence-electron chi connectivity index (χ4n) is 1.97. The van der Waals surface area contributed by atoms with Crippen molar-refractivity contribution in [2.24, 2.45) is 5.92 Å². The van der Waals surface area contributed by atoms with Gasteiger partial charge in [0.15, 0.2) is 0 Å². The molecule has 1 saturated heterocycles.